The molecule has 18 heavy (non-hydrogen) atoms. The van der Waals surface area contributed by atoms with E-state index in [0.717, 1.165) is 13.3 Å². The van der Waals surface area contributed by atoms with Crippen LogP contribution < -0.4 is 5.73 Å². The number of hydrogen-bond donors (Lipinski definition) is 2. The van der Waals surface area contributed by atoms with E-state index in [0.29, 0.717) is 0 Å². The van der Waals surface area contributed by atoms with E-state index < -0.39 is 12.6 Å². The lowest BCUT2D eigenvalue weighted by atomic mass is 10.3. The first-order valence-corrected chi connectivity index (χ1v) is 5.34. The molecule has 0 fully saturated rings. The van der Waals surface area contributed by atoms with E-state index in [1.54, 1.807) is 0 Å². The zero-order chi connectivity index (χ0) is 14.3. The van der Waals surface area contributed by atoms with Crippen LogP contribution in [0.15, 0.2) is 17.1 Å². The number of nitrogens with two attached hydrogens (primary N) is 1. The molecule has 0 saturated heterocycles. The van der Waals surface area contributed by atoms with Crippen LogP contribution in [0.25, 0.3) is 0 Å². The molecule has 0 unspecified atom stereocenters. The molecule has 3 nitrogen and oxygen atoms in total. The number of aliphatic imine (C=N–C) groups is 1. The highest BCUT2D eigenvalue weighted by Crippen LogP contribution is 2.32. The largest absolute Gasteiger partial charge is 0.400 e. The van der Waals surface area contributed by atoms with E-state index in [9.17, 15) is 13.2 Å². The summed E-state index contributed by atoms with van der Waals surface area (Å²) in [6, 6.07) is 2.65. The number of halogens is 5. The fourth-order valence-electron chi connectivity index (χ4n) is 0.911. The first kappa shape index (κ1) is 17.0. The van der Waals surface area contributed by atoms with Gasteiger partial charge in [0.15, 0.2) is 0 Å². The Balaban J connectivity index is 0.00000137. The summed E-state index contributed by atoms with van der Waals surface area (Å²) in [6.45, 7) is 0. The third kappa shape index (κ3) is 6.09. The van der Waals surface area contributed by atoms with Crippen molar-refractivity contribution < 1.29 is 18.3 Å². The average Bonchev–Trinajstić information content (AvgIpc) is 2.26. The summed E-state index contributed by atoms with van der Waals surface area (Å²) < 4.78 is 35.5. The number of aliphatic hydroxyl groups is 1. The molecular weight excluding hydrogens is 292 g/mol. The first-order chi connectivity index (χ1) is 8.29. The molecule has 0 radical (unpaired) electrons. The highest BCUT2D eigenvalue weighted by atomic mass is 35.5. The molecule has 3 N–H and O–H groups in total. The third-order valence-electron chi connectivity index (χ3n) is 1.62. The summed E-state index contributed by atoms with van der Waals surface area (Å²) in [4.78, 5) is 3.58. The van der Waals surface area contributed by atoms with E-state index in [1.807, 2.05) is 0 Å². The highest BCUT2D eigenvalue weighted by molar-refractivity contribution is 6.42. The quantitative estimate of drug-likeness (QED) is 0.644. The van der Waals surface area contributed by atoms with E-state index in [-0.39, 0.29) is 21.4 Å². The molecule has 0 aliphatic rings. The van der Waals surface area contributed by atoms with Crippen molar-refractivity contribution >= 4 is 40.8 Å². The maximum absolute atomic E-state index is 11.8. The van der Waals surface area contributed by atoms with E-state index in [2.05, 4.69) is 4.99 Å². The number of rotatable bonds is 2. The topological polar surface area (TPSA) is 58.6 Å². The van der Waals surface area contributed by atoms with Crippen molar-refractivity contribution in [3.8, 4) is 0 Å². The maximum atomic E-state index is 11.8. The van der Waals surface area contributed by atoms with Crippen molar-refractivity contribution in [2.45, 2.75) is 12.6 Å². The van der Waals surface area contributed by atoms with E-state index in [4.69, 9.17) is 34.0 Å². The van der Waals surface area contributed by atoms with Gasteiger partial charge in [-0.25, -0.2) is 0 Å². The summed E-state index contributed by atoms with van der Waals surface area (Å²) in [5.74, 6) is 0. The Labute approximate surface area is 112 Å². The molecule has 1 rings (SSSR count). The number of benzene rings is 1. The lowest BCUT2D eigenvalue weighted by molar-refractivity contribution is -0.120. The molecule has 1 aromatic carbocycles. The molecule has 102 valence electrons. The van der Waals surface area contributed by atoms with Gasteiger partial charge in [0.05, 0.1) is 27.8 Å². The highest BCUT2D eigenvalue weighted by Gasteiger charge is 2.25. The molecule has 0 aliphatic carbocycles. The van der Waals surface area contributed by atoms with Gasteiger partial charge in [-0.15, -0.1) is 0 Å². The number of aliphatic hydroxyl groups excluding tert-OH is 1. The van der Waals surface area contributed by atoms with Gasteiger partial charge in [0, 0.05) is 13.3 Å². The second-order valence-corrected chi connectivity index (χ2v) is 3.77. The zero-order valence-corrected chi connectivity index (χ0v) is 10.8. The Bertz CT molecular complexity index is 422. The van der Waals surface area contributed by atoms with Gasteiger partial charge < -0.3 is 10.8 Å². The van der Waals surface area contributed by atoms with Gasteiger partial charge in [-0.2, -0.15) is 13.2 Å². The molecule has 0 aromatic heterocycles. The summed E-state index contributed by atoms with van der Waals surface area (Å²) in [6.07, 6.45) is -4.67. The predicted octanol–water partition coefficient (Wildman–Crippen LogP) is 3.84. The standard InChI is InChI=1S/C9H7Cl2F3N2.CH4O/c10-5-3-7(15)8(4-6(5)11)16-2-1-9(12,13)14;1-2/h2-4H,1,15H2;2H,1H3. The summed E-state index contributed by atoms with van der Waals surface area (Å²) >= 11 is 11.3. The zero-order valence-electron chi connectivity index (χ0n) is 9.30. The van der Waals surface area contributed by atoms with Crippen LogP contribution in [-0.2, 0) is 0 Å². The minimum Gasteiger partial charge on any atom is -0.400 e. The van der Waals surface area contributed by atoms with Crippen molar-refractivity contribution in [2.24, 2.45) is 4.99 Å². The van der Waals surface area contributed by atoms with Gasteiger partial charge >= 0.3 is 6.18 Å². The fraction of sp³-hybridized carbons (Fsp3) is 0.300. The van der Waals surface area contributed by atoms with Crippen molar-refractivity contribution in [3.63, 3.8) is 0 Å². The van der Waals surface area contributed by atoms with Gasteiger partial charge in [0.25, 0.3) is 0 Å². The Morgan fingerprint density at radius 3 is 2.28 bits per heavy atom. The number of alkyl halides is 3. The smallest absolute Gasteiger partial charge is 0.393 e. The maximum Gasteiger partial charge on any atom is 0.393 e. The summed E-state index contributed by atoms with van der Waals surface area (Å²) in [5, 5.41) is 7.42. The van der Waals surface area contributed by atoms with Crippen molar-refractivity contribution in [1.29, 1.82) is 0 Å². The molecule has 1 aromatic rings. The minimum absolute atomic E-state index is 0.165. The van der Waals surface area contributed by atoms with Crippen molar-refractivity contribution in [3.05, 3.63) is 22.2 Å². The Morgan fingerprint density at radius 2 is 1.78 bits per heavy atom. The third-order valence-corrected chi connectivity index (χ3v) is 2.34. The SMILES string of the molecule is CO.Nc1cc(Cl)c(Cl)cc1N=CCC(F)(F)F. The van der Waals surface area contributed by atoms with Gasteiger partial charge in [0.2, 0.25) is 0 Å². The van der Waals surface area contributed by atoms with Crippen molar-refractivity contribution in [1.82, 2.24) is 0 Å². The molecule has 0 spiro atoms. The number of nitrogens with zero attached hydrogens (tertiary/aromatic N) is 1. The van der Waals surface area contributed by atoms with Gasteiger partial charge in [-0.1, -0.05) is 23.2 Å². The minimum atomic E-state index is -4.28. The van der Waals surface area contributed by atoms with Crippen LogP contribution >= 0.6 is 23.2 Å². The lowest BCUT2D eigenvalue weighted by Gasteiger charge is -2.03. The van der Waals surface area contributed by atoms with Gasteiger partial charge in [-0.3, -0.25) is 4.99 Å². The van der Waals surface area contributed by atoms with E-state index >= 15 is 0 Å². The predicted molar refractivity (Wildman–Crippen MR) is 67.8 cm³/mol. The number of hydrogen-bond acceptors (Lipinski definition) is 3. The van der Waals surface area contributed by atoms with Gasteiger partial charge in [0.1, 0.15) is 0 Å². The van der Waals surface area contributed by atoms with Gasteiger partial charge in [-0.05, 0) is 12.1 Å². The van der Waals surface area contributed by atoms with Crippen LogP contribution in [0.2, 0.25) is 10.0 Å². The fourth-order valence-corrected chi connectivity index (χ4v) is 1.24. The average molecular weight is 303 g/mol. The van der Waals surface area contributed by atoms with Crippen molar-refractivity contribution in [2.75, 3.05) is 12.8 Å². The van der Waals surface area contributed by atoms with Crippen LogP contribution in [-0.4, -0.2) is 24.6 Å². The molecule has 0 atom stereocenters. The first-order valence-electron chi connectivity index (χ1n) is 4.58. The normalized spacial score (nSPS) is 11.3. The monoisotopic (exact) mass is 302 g/mol. The van der Waals surface area contributed by atoms with Crippen LogP contribution in [0.4, 0.5) is 24.5 Å². The van der Waals surface area contributed by atoms with Crippen LogP contribution in [0.3, 0.4) is 0 Å². The Hall–Kier alpha value is -0.980. The molecule has 0 aliphatic heterocycles. The molecule has 0 saturated carbocycles. The van der Waals surface area contributed by atoms with Crippen LogP contribution in [0, 0.1) is 0 Å². The second kappa shape index (κ2) is 7.45. The Kier molecular flexibility index (Phi) is 7.05. The number of anilines is 1. The lowest BCUT2D eigenvalue weighted by Crippen LogP contribution is -2.06. The summed E-state index contributed by atoms with van der Waals surface area (Å²) in [5.41, 5.74) is 5.84. The molecule has 0 amide bonds. The number of nitrogen functional groups attached to an aromatic ring is 1. The van der Waals surface area contributed by atoms with Crippen LogP contribution in [0.1, 0.15) is 6.42 Å². The summed E-state index contributed by atoms with van der Waals surface area (Å²) in [7, 11) is 1.00. The molecule has 0 bridgehead atoms. The molecular formula is C10H11Cl2F3N2O. The second-order valence-electron chi connectivity index (χ2n) is 2.96. The molecule has 0 heterocycles. The molecule has 8 heteroatoms. The Morgan fingerprint density at radius 1 is 1.28 bits per heavy atom. The van der Waals surface area contributed by atoms with Crippen LogP contribution in [0.5, 0.6) is 0 Å². The van der Waals surface area contributed by atoms with E-state index in [1.165, 1.54) is 12.1 Å².